The molecule has 1 fully saturated rings. The summed E-state index contributed by atoms with van der Waals surface area (Å²) in [5.41, 5.74) is 1.63. The molecule has 0 radical (unpaired) electrons. The van der Waals surface area contributed by atoms with E-state index in [0.29, 0.717) is 23.6 Å². The van der Waals surface area contributed by atoms with E-state index >= 15 is 0 Å². The summed E-state index contributed by atoms with van der Waals surface area (Å²) in [6, 6.07) is 20.9. The second-order valence-corrected chi connectivity index (χ2v) is 8.03. The molecule has 0 spiro atoms. The molecule has 1 aliphatic heterocycles. The van der Waals surface area contributed by atoms with Crippen LogP contribution in [0.4, 0.5) is 5.69 Å². The molecule has 2 aromatic carbocycles. The summed E-state index contributed by atoms with van der Waals surface area (Å²) in [4.78, 5) is 13.2. The van der Waals surface area contributed by atoms with Crippen molar-refractivity contribution in [2.45, 2.75) is 24.8 Å². The average Bonchev–Trinajstić information content (AvgIpc) is 3.32. The number of nitrogens with zero attached hydrogens (tertiary/aromatic N) is 4. The van der Waals surface area contributed by atoms with Gasteiger partial charge >= 0.3 is 0 Å². The number of likely N-dealkylation sites (tertiary alicyclic amines) is 1. The van der Waals surface area contributed by atoms with E-state index in [9.17, 15) is 15.4 Å². The topological polar surface area (TPSA) is 108 Å². The lowest BCUT2D eigenvalue weighted by Gasteiger charge is -2.37. The van der Waals surface area contributed by atoms with Crippen LogP contribution in [0.25, 0.3) is 11.3 Å². The molecular formula is C24H25N5O3. The summed E-state index contributed by atoms with van der Waals surface area (Å²) in [5, 5.41) is 28.4. The third-order valence-electron chi connectivity index (χ3n) is 6.09. The molecule has 2 heterocycles. The standard InChI is InChI=1S/C24H25N5O3/c25-18-24(19-6-2-1-3-7-19)10-13-28(14-11-24)15-12-26-17-20-16-22(27-32-20)21-8-4-5-9-23(21)29(30)31/h1-9,16,26H,10-15,17H2. The highest BCUT2D eigenvalue weighted by molar-refractivity contribution is 5.70. The first-order valence-electron chi connectivity index (χ1n) is 10.7. The van der Waals surface area contributed by atoms with Crippen molar-refractivity contribution in [3.63, 3.8) is 0 Å². The molecular weight excluding hydrogens is 406 g/mol. The number of nitro benzene ring substituents is 1. The van der Waals surface area contributed by atoms with Crippen molar-refractivity contribution in [1.82, 2.24) is 15.4 Å². The summed E-state index contributed by atoms with van der Waals surface area (Å²) in [6.07, 6.45) is 1.66. The number of para-hydroxylation sites is 1. The van der Waals surface area contributed by atoms with E-state index in [0.717, 1.165) is 44.6 Å². The fraction of sp³-hybridized carbons (Fsp3) is 0.333. The largest absolute Gasteiger partial charge is 0.359 e. The predicted molar refractivity (Wildman–Crippen MR) is 120 cm³/mol. The van der Waals surface area contributed by atoms with Crippen LogP contribution in [0.1, 0.15) is 24.2 Å². The minimum absolute atomic E-state index is 0.00866. The quantitative estimate of drug-likeness (QED) is 0.327. The van der Waals surface area contributed by atoms with Gasteiger partial charge in [-0.2, -0.15) is 5.26 Å². The SMILES string of the molecule is N#CC1(c2ccccc2)CCN(CCNCc2cc(-c3ccccc3[N+](=O)[O-])no2)CC1. The van der Waals surface area contributed by atoms with Crippen molar-refractivity contribution in [2.24, 2.45) is 0 Å². The summed E-state index contributed by atoms with van der Waals surface area (Å²) in [6.45, 7) is 3.91. The first-order chi connectivity index (χ1) is 15.6. The molecule has 8 heteroatoms. The number of nitrogens with one attached hydrogen (secondary N) is 1. The zero-order chi connectivity index (χ0) is 22.4. The average molecular weight is 431 g/mol. The van der Waals surface area contributed by atoms with Crippen LogP contribution >= 0.6 is 0 Å². The fourth-order valence-corrected chi connectivity index (χ4v) is 4.20. The van der Waals surface area contributed by atoms with E-state index in [2.05, 4.69) is 33.6 Å². The zero-order valence-corrected chi connectivity index (χ0v) is 17.7. The van der Waals surface area contributed by atoms with E-state index in [1.165, 1.54) is 6.07 Å². The Labute approximate surface area is 186 Å². The van der Waals surface area contributed by atoms with Crippen LogP contribution in [-0.2, 0) is 12.0 Å². The number of aromatic nitrogens is 1. The van der Waals surface area contributed by atoms with Gasteiger partial charge in [0.1, 0.15) is 5.69 Å². The molecule has 1 aromatic heterocycles. The van der Waals surface area contributed by atoms with Gasteiger partial charge in [-0.25, -0.2) is 0 Å². The van der Waals surface area contributed by atoms with Gasteiger partial charge in [-0.15, -0.1) is 0 Å². The molecule has 0 atom stereocenters. The Balaban J connectivity index is 1.25. The van der Waals surface area contributed by atoms with Gasteiger partial charge < -0.3 is 14.7 Å². The Kier molecular flexibility index (Phi) is 6.59. The molecule has 1 N–H and O–H groups in total. The van der Waals surface area contributed by atoms with Crippen molar-refractivity contribution >= 4 is 5.69 Å². The highest BCUT2D eigenvalue weighted by Crippen LogP contribution is 2.34. The predicted octanol–water partition coefficient (Wildman–Crippen LogP) is 3.90. The molecule has 4 rings (SSSR count). The maximum Gasteiger partial charge on any atom is 0.278 e. The number of benzene rings is 2. The third kappa shape index (κ3) is 4.69. The Morgan fingerprint density at radius 3 is 2.59 bits per heavy atom. The fourth-order valence-electron chi connectivity index (χ4n) is 4.20. The van der Waals surface area contributed by atoms with Crippen LogP contribution < -0.4 is 5.32 Å². The van der Waals surface area contributed by atoms with E-state index in [1.807, 2.05) is 18.2 Å². The molecule has 0 aliphatic carbocycles. The van der Waals surface area contributed by atoms with E-state index in [4.69, 9.17) is 4.52 Å². The van der Waals surface area contributed by atoms with Gasteiger partial charge in [-0.1, -0.05) is 47.6 Å². The van der Waals surface area contributed by atoms with Crippen LogP contribution in [0.15, 0.2) is 65.2 Å². The normalized spacial score (nSPS) is 15.8. The molecule has 1 aliphatic rings. The Morgan fingerprint density at radius 1 is 1.16 bits per heavy atom. The van der Waals surface area contributed by atoms with Crippen molar-refractivity contribution in [2.75, 3.05) is 26.2 Å². The summed E-state index contributed by atoms with van der Waals surface area (Å²) >= 11 is 0. The number of hydrogen-bond donors (Lipinski definition) is 1. The molecule has 164 valence electrons. The van der Waals surface area contributed by atoms with Gasteiger partial charge in [-0.3, -0.25) is 10.1 Å². The third-order valence-corrected chi connectivity index (χ3v) is 6.09. The molecule has 8 nitrogen and oxygen atoms in total. The van der Waals surface area contributed by atoms with Crippen molar-refractivity contribution < 1.29 is 9.45 Å². The van der Waals surface area contributed by atoms with Crippen LogP contribution in [0, 0.1) is 21.4 Å². The Morgan fingerprint density at radius 2 is 1.88 bits per heavy atom. The molecule has 0 saturated carbocycles. The van der Waals surface area contributed by atoms with E-state index in [-0.39, 0.29) is 11.1 Å². The molecule has 32 heavy (non-hydrogen) atoms. The van der Waals surface area contributed by atoms with Gasteiger partial charge in [0.25, 0.3) is 5.69 Å². The van der Waals surface area contributed by atoms with Gasteiger partial charge in [-0.05, 0) is 24.5 Å². The van der Waals surface area contributed by atoms with E-state index < -0.39 is 4.92 Å². The molecule has 0 amide bonds. The molecule has 0 unspecified atom stereocenters. The molecule has 3 aromatic rings. The summed E-state index contributed by atoms with van der Waals surface area (Å²) in [7, 11) is 0. The number of rotatable bonds is 8. The van der Waals surface area contributed by atoms with Gasteiger partial charge in [0.2, 0.25) is 0 Å². The first-order valence-corrected chi connectivity index (χ1v) is 10.7. The lowest BCUT2D eigenvalue weighted by atomic mass is 9.74. The van der Waals surface area contributed by atoms with Gasteiger partial charge in [0.15, 0.2) is 5.76 Å². The lowest BCUT2D eigenvalue weighted by molar-refractivity contribution is -0.384. The van der Waals surface area contributed by atoms with Crippen molar-refractivity contribution in [1.29, 1.82) is 5.26 Å². The minimum atomic E-state index is -0.417. The monoisotopic (exact) mass is 431 g/mol. The molecule has 0 bridgehead atoms. The van der Waals surface area contributed by atoms with Gasteiger partial charge in [0, 0.05) is 38.3 Å². The van der Waals surface area contributed by atoms with Crippen LogP contribution in [-0.4, -0.2) is 41.2 Å². The number of piperidine rings is 1. The number of nitro groups is 1. The maximum atomic E-state index is 11.2. The smallest absolute Gasteiger partial charge is 0.278 e. The summed E-state index contributed by atoms with van der Waals surface area (Å²) < 4.78 is 5.35. The van der Waals surface area contributed by atoms with Gasteiger partial charge in [0.05, 0.1) is 28.5 Å². The Hall–Kier alpha value is -3.54. The minimum Gasteiger partial charge on any atom is -0.359 e. The van der Waals surface area contributed by atoms with E-state index in [1.54, 1.807) is 24.3 Å². The number of nitriles is 1. The second-order valence-electron chi connectivity index (χ2n) is 8.03. The molecule has 1 saturated heterocycles. The van der Waals surface area contributed by atoms with Crippen LogP contribution in [0.2, 0.25) is 0 Å². The lowest BCUT2D eigenvalue weighted by Crippen LogP contribution is -2.44. The van der Waals surface area contributed by atoms with Crippen LogP contribution in [0.3, 0.4) is 0 Å². The zero-order valence-electron chi connectivity index (χ0n) is 17.7. The highest BCUT2D eigenvalue weighted by atomic mass is 16.6. The first kappa shape index (κ1) is 21.7. The summed E-state index contributed by atoms with van der Waals surface area (Å²) in [5.74, 6) is 0.629. The van der Waals surface area contributed by atoms with Crippen molar-refractivity contribution in [3.8, 4) is 17.3 Å². The highest BCUT2D eigenvalue weighted by Gasteiger charge is 2.36. The second kappa shape index (κ2) is 9.73. The maximum absolute atomic E-state index is 11.2. The number of hydrogen-bond acceptors (Lipinski definition) is 7. The van der Waals surface area contributed by atoms with Crippen LogP contribution in [0.5, 0.6) is 0 Å². The Bertz CT molecular complexity index is 1100. The van der Waals surface area contributed by atoms with Crippen molar-refractivity contribution in [3.05, 3.63) is 82.1 Å².